The van der Waals surface area contributed by atoms with Gasteiger partial charge < -0.3 is 4.90 Å². The number of nitrogens with one attached hydrogen (secondary N) is 1. The number of halogens is 1. The normalized spacial score (nSPS) is 17.5. The lowest BCUT2D eigenvalue weighted by atomic mass is 10.0. The number of hydrogen-bond acceptors (Lipinski definition) is 3. The highest BCUT2D eigenvalue weighted by Crippen LogP contribution is 2.24. The number of nitrogens with zero attached hydrogens (tertiary/aromatic N) is 3. The fraction of sp³-hybridized carbons (Fsp3) is 0.278. The summed E-state index contributed by atoms with van der Waals surface area (Å²) in [5.74, 6) is -0.237. The molecule has 1 fully saturated rings. The second-order valence-corrected chi connectivity index (χ2v) is 6.16. The SMILES string of the molecule is O=C(c1ccc2n[nH]nc2c1)N1CCC[C@H]1Cc1cccc(F)c1. The van der Waals surface area contributed by atoms with E-state index in [-0.39, 0.29) is 17.8 Å². The molecule has 1 amide bonds. The van der Waals surface area contributed by atoms with Crippen LogP contribution in [0.2, 0.25) is 0 Å². The monoisotopic (exact) mass is 324 g/mol. The van der Waals surface area contributed by atoms with Crippen molar-refractivity contribution in [1.29, 1.82) is 0 Å². The van der Waals surface area contributed by atoms with E-state index in [9.17, 15) is 9.18 Å². The van der Waals surface area contributed by atoms with Crippen LogP contribution in [0.1, 0.15) is 28.8 Å². The van der Waals surface area contributed by atoms with Gasteiger partial charge in [0.2, 0.25) is 0 Å². The molecular weight excluding hydrogens is 307 g/mol. The van der Waals surface area contributed by atoms with Gasteiger partial charge in [0.05, 0.1) is 0 Å². The minimum atomic E-state index is -0.236. The van der Waals surface area contributed by atoms with Crippen molar-refractivity contribution in [1.82, 2.24) is 20.3 Å². The molecular formula is C18H17FN4O. The number of fused-ring (bicyclic) bond motifs is 1. The van der Waals surface area contributed by atoms with Crippen LogP contribution in [0.4, 0.5) is 4.39 Å². The molecule has 2 heterocycles. The number of benzene rings is 2. The summed E-state index contributed by atoms with van der Waals surface area (Å²) in [4.78, 5) is 14.8. The maximum atomic E-state index is 13.4. The molecule has 0 radical (unpaired) electrons. The van der Waals surface area contributed by atoms with Gasteiger partial charge in [0, 0.05) is 18.2 Å². The van der Waals surface area contributed by atoms with Gasteiger partial charge in [0.15, 0.2) is 0 Å². The van der Waals surface area contributed by atoms with E-state index in [2.05, 4.69) is 15.4 Å². The van der Waals surface area contributed by atoms with E-state index in [1.807, 2.05) is 11.0 Å². The molecule has 0 aliphatic carbocycles. The van der Waals surface area contributed by atoms with E-state index < -0.39 is 0 Å². The number of aromatic nitrogens is 3. The maximum absolute atomic E-state index is 13.4. The Kier molecular flexibility index (Phi) is 3.72. The largest absolute Gasteiger partial charge is 0.335 e. The van der Waals surface area contributed by atoms with Gasteiger partial charge in [-0.1, -0.05) is 12.1 Å². The van der Waals surface area contributed by atoms with Crippen LogP contribution >= 0.6 is 0 Å². The molecule has 1 atom stereocenters. The Morgan fingerprint density at radius 1 is 1.21 bits per heavy atom. The second kappa shape index (κ2) is 6.03. The predicted molar refractivity (Wildman–Crippen MR) is 88.1 cm³/mol. The van der Waals surface area contributed by atoms with E-state index in [0.29, 0.717) is 17.5 Å². The first-order valence-electron chi connectivity index (χ1n) is 8.07. The number of hydrogen-bond donors (Lipinski definition) is 1. The summed E-state index contributed by atoms with van der Waals surface area (Å²) in [7, 11) is 0. The molecule has 2 aromatic carbocycles. The Bertz CT molecular complexity index is 891. The van der Waals surface area contributed by atoms with E-state index in [1.165, 1.54) is 6.07 Å². The lowest BCUT2D eigenvalue weighted by Crippen LogP contribution is -2.36. The number of H-pyrrole nitrogens is 1. The molecule has 24 heavy (non-hydrogen) atoms. The summed E-state index contributed by atoms with van der Waals surface area (Å²) in [6, 6.07) is 12.0. The maximum Gasteiger partial charge on any atom is 0.254 e. The van der Waals surface area contributed by atoms with E-state index in [0.717, 1.165) is 30.5 Å². The molecule has 0 unspecified atom stereocenters. The molecule has 1 aliphatic heterocycles. The van der Waals surface area contributed by atoms with Crippen molar-refractivity contribution >= 4 is 16.9 Å². The number of carbonyl (C=O) groups excluding carboxylic acids is 1. The molecule has 0 bridgehead atoms. The van der Waals surface area contributed by atoms with Crippen LogP contribution < -0.4 is 0 Å². The van der Waals surface area contributed by atoms with Gasteiger partial charge in [0.25, 0.3) is 5.91 Å². The highest BCUT2D eigenvalue weighted by atomic mass is 19.1. The van der Waals surface area contributed by atoms with E-state index in [4.69, 9.17) is 0 Å². The first kappa shape index (κ1) is 14.8. The fourth-order valence-electron chi connectivity index (χ4n) is 3.39. The molecule has 1 aliphatic rings. The average Bonchev–Trinajstić information content (AvgIpc) is 3.22. The fourth-order valence-corrected chi connectivity index (χ4v) is 3.39. The number of carbonyl (C=O) groups is 1. The lowest BCUT2D eigenvalue weighted by molar-refractivity contribution is 0.0736. The number of amides is 1. The van der Waals surface area contributed by atoms with Crippen LogP contribution in [-0.2, 0) is 6.42 Å². The zero-order chi connectivity index (χ0) is 16.5. The Morgan fingerprint density at radius 3 is 2.96 bits per heavy atom. The molecule has 122 valence electrons. The van der Waals surface area contributed by atoms with Crippen LogP contribution in [0, 0.1) is 5.82 Å². The Labute approximate surface area is 138 Å². The van der Waals surface area contributed by atoms with Crippen LogP contribution in [-0.4, -0.2) is 38.8 Å². The topological polar surface area (TPSA) is 61.9 Å². The quantitative estimate of drug-likeness (QED) is 0.806. The van der Waals surface area contributed by atoms with Crippen LogP contribution in [0.25, 0.3) is 11.0 Å². The van der Waals surface area contributed by atoms with Gasteiger partial charge in [-0.2, -0.15) is 15.4 Å². The van der Waals surface area contributed by atoms with Crippen molar-refractivity contribution in [2.75, 3.05) is 6.54 Å². The zero-order valence-corrected chi connectivity index (χ0v) is 13.1. The Hall–Kier alpha value is -2.76. The van der Waals surface area contributed by atoms with E-state index in [1.54, 1.807) is 30.3 Å². The van der Waals surface area contributed by atoms with Crippen LogP contribution in [0.3, 0.4) is 0 Å². The molecule has 0 saturated carbocycles. The van der Waals surface area contributed by atoms with Gasteiger partial charge >= 0.3 is 0 Å². The summed E-state index contributed by atoms with van der Waals surface area (Å²) in [6.07, 6.45) is 2.59. The standard InChI is InChI=1S/C18H17FN4O/c19-14-4-1-3-12(9-14)10-15-5-2-8-23(15)18(24)13-6-7-16-17(11-13)21-22-20-16/h1,3-4,6-7,9,11,15H,2,5,8,10H2,(H,20,21,22)/t15-/m0/s1. The van der Waals surface area contributed by atoms with Crippen molar-refractivity contribution in [2.24, 2.45) is 0 Å². The second-order valence-electron chi connectivity index (χ2n) is 6.16. The molecule has 1 saturated heterocycles. The van der Waals surface area contributed by atoms with Crippen molar-refractivity contribution in [2.45, 2.75) is 25.3 Å². The Morgan fingerprint density at radius 2 is 2.08 bits per heavy atom. The molecule has 5 nitrogen and oxygen atoms in total. The number of rotatable bonds is 3. The minimum absolute atomic E-state index is 0.00111. The smallest absolute Gasteiger partial charge is 0.254 e. The third-order valence-corrected chi connectivity index (χ3v) is 4.56. The summed E-state index contributed by atoms with van der Waals surface area (Å²) < 4.78 is 13.4. The molecule has 0 spiro atoms. The highest BCUT2D eigenvalue weighted by molar-refractivity contribution is 5.97. The van der Waals surface area contributed by atoms with Crippen molar-refractivity contribution < 1.29 is 9.18 Å². The molecule has 1 N–H and O–H groups in total. The summed E-state index contributed by atoms with van der Waals surface area (Å²) in [5, 5.41) is 10.6. The van der Waals surface area contributed by atoms with Gasteiger partial charge in [-0.3, -0.25) is 4.79 Å². The lowest BCUT2D eigenvalue weighted by Gasteiger charge is -2.25. The zero-order valence-electron chi connectivity index (χ0n) is 13.1. The minimum Gasteiger partial charge on any atom is -0.335 e. The Balaban J connectivity index is 1.56. The van der Waals surface area contributed by atoms with Crippen molar-refractivity contribution in [3.05, 3.63) is 59.4 Å². The molecule has 1 aromatic heterocycles. The average molecular weight is 324 g/mol. The van der Waals surface area contributed by atoms with Crippen LogP contribution in [0.5, 0.6) is 0 Å². The highest BCUT2D eigenvalue weighted by Gasteiger charge is 2.29. The first-order valence-corrected chi connectivity index (χ1v) is 8.07. The third kappa shape index (κ3) is 2.75. The molecule has 6 heteroatoms. The summed E-state index contributed by atoms with van der Waals surface area (Å²) >= 11 is 0. The van der Waals surface area contributed by atoms with Crippen molar-refractivity contribution in [3.63, 3.8) is 0 Å². The van der Waals surface area contributed by atoms with Gasteiger partial charge in [-0.15, -0.1) is 0 Å². The van der Waals surface area contributed by atoms with Gasteiger partial charge in [-0.05, 0) is 55.2 Å². The number of aromatic amines is 1. The predicted octanol–water partition coefficient (Wildman–Crippen LogP) is 2.94. The third-order valence-electron chi connectivity index (χ3n) is 4.56. The van der Waals surface area contributed by atoms with Crippen LogP contribution in [0.15, 0.2) is 42.5 Å². The number of likely N-dealkylation sites (tertiary alicyclic amines) is 1. The summed E-state index contributed by atoms with van der Waals surface area (Å²) in [5.41, 5.74) is 2.96. The molecule has 3 aromatic rings. The van der Waals surface area contributed by atoms with E-state index >= 15 is 0 Å². The summed E-state index contributed by atoms with van der Waals surface area (Å²) in [6.45, 7) is 0.732. The molecule has 4 rings (SSSR count). The first-order chi connectivity index (χ1) is 11.7. The van der Waals surface area contributed by atoms with Gasteiger partial charge in [-0.25, -0.2) is 4.39 Å². The van der Waals surface area contributed by atoms with Gasteiger partial charge in [0.1, 0.15) is 16.9 Å². The van der Waals surface area contributed by atoms with Crippen molar-refractivity contribution in [3.8, 4) is 0 Å².